The maximum Gasteiger partial charge on any atom is -0.0149 e. The van der Waals surface area contributed by atoms with Crippen molar-refractivity contribution in [3.05, 3.63) is 94.1 Å². The fraction of sp³-hybridized carbons (Fsp3) is 0.200. The topological polar surface area (TPSA) is 0 Å². The molecule has 4 rings (SSSR count). The Morgan fingerprint density at radius 2 is 1.52 bits per heavy atom. The number of aryl methyl sites for hydroxylation is 2. The summed E-state index contributed by atoms with van der Waals surface area (Å²) in [5, 5.41) is 2.62. The molecule has 0 heterocycles. The second-order valence-electron chi connectivity index (χ2n) is 7.40. The van der Waals surface area contributed by atoms with Crippen LogP contribution in [-0.2, 0) is 6.42 Å². The summed E-state index contributed by atoms with van der Waals surface area (Å²) >= 11 is 0. The van der Waals surface area contributed by atoms with Crippen molar-refractivity contribution in [2.45, 2.75) is 27.2 Å². The molecule has 0 aromatic heterocycles. The lowest BCUT2D eigenvalue weighted by Crippen LogP contribution is -2.08. The molecule has 1 unspecified atom stereocenters. The first-order valence-electron chi connectivity index (χ1n) is 9.08. The molecule has 1 aliphatic rings. The average molecular weight is 324 g/mol. The first kappa shape index (κ1) is 15.9. The highest BCUT2D eigenvalue weighted by Crippen LogP contribution is 2.30. The predicted molar refractivity (Wildman–Crippen MR) is 110 cm³/mol. The molecule has 1 aliphatic carbocycles. The summed E-state index contributed by atoms with van der Waals surface area (Å²) < 4.78 is 0. The average Bonchev–Trinajstić information content (AvgIpc) is 2.60. The molecule has 124 valence electrons. The van der Waals surface area contributed by atoms with Gasteiger partial charge < -0.3 is 0 Å². The van der Waals surface area contributed by atoms with Crippen LogP contribution in [0.2, 0.25) is 0 Å². The van der Waals surface area contributed by atoms with Crippen molar-refractivity contribution in [1.29, 1.82) is 0 Å². The third-order valence-electron chi connectivity index (χ3n) is 5.20. The number of allylic oxidation sites excluding steroid dienone is 2. The van der Waals surface area contributed by atoms with Gasteiger partial charge in [-0.1, -0.05) is 84.8 Å². The molecule has 3 aromatic rings. The van der Waals surface area contributed by atoms with Gasteiger partial charge in [0.15, 0.2) is 0 Å². The zero-order valence-electron chi connectivity index (χ0n) is 15.2. The van der Waals surface area contributed by atoms with Crippen LogP contribution in [-0.4, -0.2) is 0 Å². The van der Waals surface area contributed by atoms with Gasteiger partial charge >= 0.3 is 0 Å². The van der Waals surface area contributed by atoms with Gasteiger partial charge in [0.25, 0.3) is 0 Å². The minimum absolute atomic E-state index is 0.564. The Labute approximate surface area is 150 Å². The number of hydrogen-bond acceptors (Lipinski definition) is 0. The quantitative estimate of drug-likeness (QED) is 0.489. The molecular weight excluding hydrogens is 300 g/mol. The maximum atomic E-state index is 2.35. The summed E-state index contributed by atoms with van der Waals surface area (Å²) in [4.78, 5) is 0. The Morgan fingerprint density at radius 3 is 2.40 bits per heavy atom. The van der Waals surface area contributed by atoms with Gasteiger partial charge in [0.1, 0.15) is 0 Å². The smallest absolute Gasteiger partial charge is 0.0149 e. The number of fused-ring (bicyclic) bond motifs is 2. The van der Waals surface area contributed by atoms with Crippen molar-refractivity contribution >= 4 is 22.9 Å². The summed E-state index contributed by atoms with van der Waals surface area (Å²) in [7, 11) is 0. The Hall–Kier alpha value is -2.60. The number of hydrogen-bond donors (Lipinski definition) is 0. The predicted octanol–water partition coefficient (Wildman–Crippen LogP) is 6.75. The second kappa shape index (κ2) is 6.37. The van der Waals surface area contributed by atoms with Crippen LogP contribution in [0.15, 0.2) is 66.2 Å². The van der Waals surface area contributed by atoms with E-state index in [4.69, 9.17) is 0 Å². The minimum Gasteiger partial charge on any atom is -0.0587 e. The number of rotatable bonds is 2. The zero-order valence-corrected chi connectivity index (χ0v) is 15.2. The van der Waals surface area contributed by atoms with Gasteiger partial charge in [-0.25, -0.2) is 0 Å². The van der Waals surface area contributed by atoms with Gasteiger partial charge in [-0.2, -0.15) is 0 Å². The Balaban J connectivity index is 1.65. The molecule has 0 nitrogen and oxygen atoms in total. The molecule has 0 saturated heterocycles. The largest absolute Gasteiger partial charge is 0.0587 e. The van der Waals surface area contributed by atoms with E-state index >= 15 is 0 Å². The summed E-state index contributed by atoms with van der Waals surface area (Å²) in [6.07, 6.45) is 8.03. The Morgan fingerprint density at radius 1 is 0.800 bits per heavy atom. The van der Waals surface area contributed by atoms with Crippen LogP contribution >= 0.6 is 0 Å². The first-order valence-corrected chi connectivity index (χ1v) is 9.08. The Kier molecular flexibility index (Phi) is 4.05. The van der Waals surface area contributed by atoms with Crippen molar-refractivity contribution in [3.63, 3.8) is 0 Å². The van der Waals surface area contributed by atoms with E-state index in [0.29, 0.717) is 5.92 Å². The molecule has 0 radical (unpaired) electrons. The lowest BCUT2D eigenvalue weighted by atomic mass is 9.83. The molecule has 0 saturated carbocycles. The number of benzene rings is 3. The van der Waals surface area contributed by atoms with Crippen LogP contribution in [0.4, 0.5) is 0 Å². The van der Waals surface area contributed by atoms with Crippen molar-refractivity contribution in [2.75, 3.05) is 0 Å². The zero-order chi connectivity index (χ0) is 17.4. The van der Waals surface area contributed by atoms with Gasteiger partial charge in [0.05, 0.1) is 0 Å². The third-order valence-corrected chi connectivity index (χ3v) is 5.20. The molecule has 0 N–H and O–H groups in total. The highest BCUT2D eigenvalue weighted by molar-refractivity contribution is 5.85. The standard InChI is InChI=1S/C25H24/c1-17-4-8-23-15-20(7-11-22(23)12-17)6-10-21-16-24-9-5-18(2)13-25(24)14-19(21)3/h4-13,15-16,19H,14H2,1-3H3/b10-6+. The lowest BCUT2D eigenvalue weighted by molar-refractivity contribution is 0.688. The normalized spacial score (nSPS) is 16.9. The molecule has 25 heavy (non-hydrogen) atoms. The van der Waals surface area contributed by atoms with Gasteiger partial charge in [0, 0.05) is 0 Å². The molecule has 0 aliphatic heterocycles. The van der Waals surface area contributed by atoms with E-state index in [2.05, 4.69) is 93.6 Å². The molecule has 0 heteroatoms. The summed E-state index contributed by atoms with van der Waals surface area (Å²) in [6, 6.07) is 20.1. The van der Waals surface area contributed by atoms with Crippen molar-refractivity contribution in [2.24, 2.45) is 5.92 Å². The van der Waals surface area contributed by atoms with E-state index in [9.17, 15) is 0 Å². The molecular formula is C25H24. The second-order valence-corrected chi connectivity index (χ2v) is 7.40. The van der Waals surface area contributed by atoms with E-state index in [1.165, 1.54) is 44.2 Å². The van der Waals surface area contributed by atoms with Crippen LogP contribution in [0, 0.1) is 19.8 Å². The molecule has 0 spiro atoms. The van der Waals surface area contributed by atoms with E-state index < -0.39 is 0 Å². The fourth-order valence-corrected chi connectivity index (χ4v) is 3.71. The van der Waals surface area contributed by atoms with E-state index in [1.807, 2.05) is 0 Å². The molecule has 0 fully saturated rings. The van der Waals surface area contributed by atoms with E-state index in [0.717, 1.165) is 6.42 Å². The van der Waals surface area contributed by atoms with Gasteiger partial charge in [-0.3, -0.25) is 0 Å². The van der Waals surface area contributed by atoms with Gasteiger partial charge in [-0.05, 0) is 65.3 Å². The molecule has 0 amide bonds. The van der Waals surface area contributed by atoms with Gasteiger partial charge in [-0.15, -0.1) is 0 Å². The molecule has 1 atom stereocenters. The SMILES string of the molecule is Cc1ccc2c(c1)CC(C)C(/C=C/c1ccc3cc(C)ccc3c1)=C2. The molecule has 0 bridgehead atoms. The van der Waals surface area contributed by atoms with Crippen LogP contribution in [0.3, 0.4) is 0 Å². The van der Waals surface area contributed by atoms with Crippen molar-refractivity contribution in [1.82, 2.24) is 0 Å². The highest BCUT2D eigenvalue weighted by atomic mass is 14.2. The van der Waals surface area contributed by atoms with Crippen LogP contribution in [0.5, 0.6) is 0 Å². The summed E-state index contributed by atoms with van der Waals surface area (Å²) in [5.74, 6) is 0.564. The minimum atomic E-state index is 0.564. The highest BCUT2D eigenvalue weighted by Gasteiger charge is 2.15. The maximum absolute atomic E-state index is 2.35. The third kappa shape index (κ3) is 3.30. The van der Waals surface area contributed by atoms with E-state index in [1.54, 1.807) is 0 Å². The Bertz CT molecular complexity index is 1000. The molecule has 3 aromatic carbocycles. The lowest BCUT2D eigenvalue weighted by Gasteiger charge is -2.21. The van der Waals surface area contributed by atoms with Crippen LogP contribution in [0.1, 0.15) is 34.7 Å². The monoisotopic (exact) mass is 324 g/mol. The summed E-state index contributed by atoms with van der Waals surface area (Å²) in [5.41, 5.74) is 8.19. The van der Waals surface area contributed by atoms with Gasteiger partial charge in [0.2, 0.25) is 0 Å². The van der Waals surface area contributed by atoms with E-state index in [-0.39, 0.29) is 0 Å². The van der Waals surface area contributed by atoms with Crippen LogP contribution in [0.25, 0.3) is 22.9 Å². The first-order chi connectivity index (χ1) is 12.1. The fourth-order valence-electron chi connectivity index (χ4n) is 3.71. The van der Waals surface area contributed by atoms with Crippen LogP contribution < -0.4 is 0 Å². The van der Waals surface area contributed by atoms with Crippen molar-refractivity contribution in [3.8, 4) is 0 Å². The summed E-state index contributed by atoms with van der Waals surface area (Å²) in [6.45, 7) is 6.64. The van der Waals surface area contributed by atoms with Crippen molar-refractivity contribution < 1.29 is 0 Å².